The summed E-state index contributed by atoms with van der Waals surface area (Å²) in [7, 11) is 0. The van der Waals surface area contributed by atoms with Crippen LogP contribution < -0.4 is 5.32 Å². The first-order chi connectivity index (χ1) is 9.88. The van der Waals surface area contributed by atoms with Gasteiger partial charge in [0.05, 0.1) is 11.4 Å². The van der Waals surface area contributed by atoms with Gasteiger partial charge >= 0.3 is 0 Å². The number of carbonyl (C=O) groups is 1. The SMILES string of the molecule is CC(C)C(C)(O)CNC(=O)CSc1ccc2c(c1)CCC2. The van der Waals surface area contributed by atoms with Crippen molar-refractivity contribution >= 4 is 17.7 Å². The Kier molecular flexibility index (Phi) is 5.33. The summed E-state index contributed by atoms with van der Waals surface area (Å²) in [4.78, 5) is 13.0. The largest absolute Gasteiger partial charge is 0.388 e. The molecule has 1 amide bonds. The summed E-state index contributed by atoms with van der Waals surface area (Å²) in [6, 6.07) is 6.50. The van der Waals surface area contributed by atoms with E-state index in [1.807, 2.05) is 13.8 Å². The number of nitrogens with one attached hydrogen (secondary N) is 1. The third-order valence-corrected chi connectivity index (χ3v) is 5.32. The van der Waals surface area contributed by atoms with E-state index in [-0.39, 0.29) is 11.8 Å². The highest BCUT2D eigenvalue weighted by Gasteiger charge is 2.25. The number of thioether (sulfide) groups is 1. The molecular weight excluding hydrogens is 282 g/mol. The molecule has 21 heavy (non-hydrogen) atoms. The van der Waals surface area contributed by atoms with Crippen LogP contribution in [0.3, 0.4) is 0 Å². The highest BCUT2D eigenvalue weighted by atomic mass is 32.2. The average Bonchev–Trinajstić information content (AvgIpc) is 2.90. The minimum absolute atomic E-state index is 0.0265. The minimum atomic E-state index is -0.853. The zero-order chi connectivity index (χ0) is 15.5. The number of benzene rings is 1. The Morgan fingerprint density at radius 2 is 2.10 bits per heavy atom. The van der Waals surface area contributed by atoms with Crippen molar-refractivity contribution in [2.24, 2.45) is 5.92 Å². The summed E-state index contributed by atoms with van der Waals surface area (Å²) in [6.45, 7) is 5.96. The van der Waals surface area contributed by atoms with E-state index < -0.39 is 5.60 Å². The molecule has 2 rings (SSSR count). The van der Waals surface area contributed by atoms with E-state index in [1.165, 1.54) is 24.0 Å². The molecule has 0 fully saturated rings. The standard InChI is InChI=1S/C17H25NO2S/c1-12(2)17(3,20)11-18-16(19)10-21-15-8-7-13-5-4-6-14(13)9-15/h7-9,12,20H,4-6,10-11H2,1-3H3,(H,18,19). The number of fused-ring (bicyclic) bond motifs is 1. The normalized spacial score (nSPS) is 16.6. The molecule has 3 nitrogen and oxygen atoms in total. The van der Waals surface area contributed by atoms with Crippen LogP contribution in [0.5, 0.6) is 0 Å². The zero-order valence-corrected chi connectivity index (χ0v) is 13.9. The lowest BCUT2D eigenvalue weighted by Crippen LogP contribution is -2.44. The maximum Gasteiger partial charge on any atom is 0.230 e. The van der Waals surface area contributed by atoms with Gasteiger partial charge in [-0.15, -0.1) is 11.8 Å². The summed E-state index contributed by atoms with van der Waals surface area (Å²) in [5.74, 6) is 0.482. The Balaban J connectivity index is 1.79. The van der Waals surface area contributed by atoms with Gasteiger partial charge in [0.15, 0.2) is 0 Å². The van der Waals surface area contributed by atoms with E-state index in [4.69, 9.17) is 0 Å². The molecule has 0 bridgehead atoms. The van der Waals surface area contributed by atoms with Crippen LogP contribution in [0, 0.1) is 5.92 Å². The molecule has 1 atom stereocenters. The van der Waals surface area contributed by atoms with Crippen molar-refractivity contribution in [2.45, 2.75) is 50.5 Å². The van der Waals surface area contributed by atoms with Crippen LogP contribution in [0.25, 0.3) is 0 Å². The van der Waals surface area contributed by atoms with Crippen molar-refractivity contribution in [3.8, 4) is 0 Å². The number of aryl methyl sites for hydroxylation is 2. The quantitative estimate of drug-likeness (QED) is 0.795. The number of carbonyl (C=O) groups excluding carboxylic acids is 1. The Hall–Kier alpha value is -1.00. The van der Waals surface area contributed by atoms with Crippen LogP contribution in [0.4, 0.5) is 0 Å². The van der Waals surface area contributed by atoms with Gasteiger partial charge in [0.25, 0.3) is 0 Å². The second-order valence-corrected chi connectivity index (χ2v) is 7.41. The molecule has 0 heterocycles. The second kappa shape index (κ2) is 6.84. The molecule has 1 aromatic carbocycles. The van der Waals surface area contributed by atoms with Crippen molar-refractivity contribution < 1.29 is 9.90 Å². The summed E-state index contributed by atoms with van der Waals surface area (Å²) in [5, 5.41) is 12.9. The molecule has 0 aromatic heterocycles. The maximum atomic E-state index is 11.9. The van der Waals surface area contributed by atoms with Crippen LogP contribution in [0.1, 0.15) is 38.3 Å². The summed E-state index contributed by atoms with van der Waals surface area (Å²) < 4.78 is 0. The second-order valence-electron chi connectivity index (χ2n) is 6.36. The molecular formula is C17H25NO2S. The highest BCUT2D eigenvalue weighted by Crippen LogP contribution is 2.27. The number of hydrogen-bond donors (Lipinski definition) is 2. The molecule has 0 saturated carbocycles. The van der Waals surface area contributed by atoms with Crippen molar-refractivity contribution in [3.05, 3.63) is 29.3 Å². The molecule has 0 spiro atoms. The van der Waals surface area contributed by atoms with Crippen LogP contribution in [0.2, 0.25) is 0 Å². The third-order valence-electron chi connectivity index (χ3n) is 4.33. The first-order valence-corrected chi connectivity index (χ1v) is 8.61. The Morgan fingerprint density at radius 3 is 2.81 bits per heavy atom. The van der Waals surface area contributed by atoms with Crippen molar-refractivity contribution in [2.75, 3.05) is 12.3 Å². The topological polar surface area (TPSA) is 49.3 Å². The highest BCUT2D eigenvalue weighted by molar-refractivity contribution is 8.00. The van der Waals surface area contributed by atoms with Gasteiger partial charge in [0.1, 0.15) is 0 Å². The van der Waals surface area contributed by atoms with E-state index in [0.717, 1.165) is 11.3 Å². The molecule has 2 N–H and O–H groups in total. The first-order valence-electron chi connectivity index (χ1n) is 7.62. The zero-order valence-electron chi connectivity index (χ0n) is 13.1. The predicted octanol–water partition coefficient (Wildman–Crippen LogP) is 2.79. The van der Waals surface area contributed by atoms with Crippen molar-refractivity contribution in [1.82, 2.24) is 5.32 Å². The lowest BCUT2D eigenvalue weighted by Gasteiger charge is -2.27. The van der Waals surface area contributed by atoms with Crippen LogP contribution in [-0.4, -0.2) is 28.9 Å². The van der Waals surface area contributed by atoms with E-state index in [0.29, 0.717) is 12.3 Å². The van der Waals surface area contributed by atoms with Gasteiger partial charge < -0.3 is 10.4 Å². The summed E-state index contributed by atoms with van der Waals surface area (Å²) in [6.07, 6.45) is 3.59. The average molecular weight is 307 g/mol. The summed E-state index contributed by atoms with van der Waals surface area (Å²) in [5.41, 5.74) is 2.04. The molecule has 0 aliphatic heterocycles. The van der Waals surface area contributed by atoms with Gasteiger partial charge in [-0.3, -0.25) is 4.79 Å². The molecule has 0 saturated heterocycles. The lowest BCUT2D eigenvalue weighted by atomic mass is 9.93. The Morgan fingerprint density at radius 1 is 1.38 bits per heavy atom. The molecule has 1 aromatic rings. The summed E-state index contributed by atoms with van der Waals surface area (Å²) >= 11 is 1.56. The van der Waals surface area contributed by atoms with E-state index in [9.17, 15) is 9.90 Å². The number of hydrogen-bond acceptors (Lipinski definition) is 3. The van der Waals surface area contributed by atoms with Gasteiger partial charge in [-0.1, -0.05) is 19.9 Å². The fourth-order valence-electron chi connectivity index (χ4n) is 2.32. The minimum Gasteiger partial charge on any atom is -0.388 e. The number of amides is 1. The van der Waals surface area contributed by atoms with E-state index >= 15 is 0 Å². The molecule has 116 valence electrons. The van der Waals surface area contributed by atoms with Crippen molar-refractivity contribution in [1.29, 1.82) is 0 Å². The first kappa shape index (κ1) is 16.4. The Labute approximate surface area is 131 Å². The maximum absolute atomic E-state index is 11.9. The number of rotatable bonds is 6. The fourth-order valence-corrected chi connectivity index (χ4v) is 3.11. The van der Waals surface area contributed by atoms with E-state index in [2.05, 4.69) is 23.5 Å². The molecule has 0 radical (unpaired) electrons. The van der Waals surface area contributed by atoms with Crippen LogP contribution >= 0.6 is 11.8 Å². The predicted molar refractivity (Wildman–Crippen MR) is 87.7 cm³/mol. The van der Waals surface area contributed by atoms with Gasteiger partial charge in [-0.2, -0.15) is 0 Å². The fraction of sp³-hybridized carbons (Fsp3) is 0.588. The smallest absolute Gasteiger partial charge is 0.230 e. The molecule has 4 heteroatoms. The van der Waals surface area contributed by atoms with Crippen molar-refractivity contribution in [3.63, 3.8) is 0 Å². The molecule has 1 aliphatic rings. The van der Waals surface area contributed by atoms with Gasteiger partial charge in [-0.25, -0.2) is 0 Å². The number of aliphatic hydroxyl groups is 1. The van der Waals surface area contributed by atoms with Gasteiger partial charge in [0.2, 0.25) is 5.91 Å². The van der Waals surface area contributed by atoms with E-state index in [1.54, 1.807) is 18.7 Å². The van der Waals surface area contributed by atoms with Gasteiger partial charge in [-0.05, 0) is 55.4 Å². The van der Waals surface area contributed by atoms with Crippen LogP contribution in [-0.2, 0) is 17.6 Å². The van der Waals surface area contributed by atoms with Gasteiger partial charge in [0, 0.05) is 11.4 Å². The lowest BCUT2D eigenvalue weighted by molar-refractivity contribution is -0.120. The molecule has 1 unspecified atom stereocenters. The monoisotopic (exact) mass is 307 g/mol. The Bertz CT molecular complexity index is 512. The molecule has 1 aliphatic carbocycles. The van der Waals surface area contributed by atoms with Crippen LogP contribution in [0.15, 0.2) is 23.1 Å². The third kappa shape index (κ3) is 4.48.